The van der Waals surface area contributed by atoms with Gasteiger partial charge in [0, 0.05) is 5.88 Å². The van der Waals surface area contributed by atoms with E-state index < -0.39 is 0 Å². The summed E-state index contributed by atoms with van der Waals surface area (Å²) in [4.78, 5) is 0. The first-order chi connectivity index (χ1) is 8.81. The van der Waals surface area contributed by atoms with E-state index in [1.807, 2.05) is 48.5 Å². The molecule has 3 heteroatoms. The second kappa shape index (κ2) is 6.09. The van der Waals surface area contributed by atoms with E-state index in [1.165, 1.54) is 0 Å². The predicted octanol–water partition coefficient (Wildman–Crippen LogP) is 4.28. The summed E-state index contributed by atoms with van der Waals surface area (Å²) in [5.41, 5.74) is 2.05. The molecular weight excluding hydrogens is 246 g/mol. The van der Waals surface area contributed by atoms with Gasteiger partial charge in [0.15, 0.2) is 0 Å². The van der Waals surface area contributed by atoms with Gasteiger partial charge in [-0.1, -0.05) is 24.3 Å². The number of nitriles is 1. The molecule has 90 valence electrons. The molecule has 0 saturated carbocycles. The molecule has 0 spiro atoms. The summed E-state index contributed by atoms with van der Waals surface area (Å²) in [5.74, 6) is 2.04. The van der Waals surface area contributed by atoms with E-state index in [0.29, 0.717) is 12.3 Å². The van der Waals surface area contributed by atoms with Gasteiger partial charge in [0.05, 0.1) is 12.5 Å². The standard InChI is InChI=1S/C15H12ClNO/c16-11-13-3-7-15(8-4-13)18-14-5-1-12(2-6-14)9-10-17/h1-8H,9,11H2. The molecule has 2 aromatic rings. The Labute approximate surface area is 111 Å². The SMILES string of the molecule is N#CCc1ccc(Oc2ccc(CCl)cc2)cc1. The monoisotopic (exact) mass is 257 g/mol. The molecule has 0 aliphatic rings. The Morgan fingerprint density at radius 2 is 1.39 bits per heavy atom. The van der Waals surface area contributed by atoms with Gasteiger partial charge in [0.1, 0.15) is 11.5 Å². The van der Waals surface area contributed by atoms with Crippen LogP contribution in [0.2, 0.25) is 0 Å². The number of nitrogens with zero attached hydrogens (tertiary/aromatic N) is 1. The molecule has 0 bridgehead atoms. The Morgan fingerprint density at radius 3 is 1.83 bits per heavy atom. The minimum atomic E-state index is 0.421. The van der Waals surface area contributed by atoms with Crippen molar-refractivity contribution in [2.45, 2.75) is 12.3 Å². The maximum Gasteiger partial charge on any atom is 0.127 e. The summed E-state index contributed by atoms with van der Waals surface area (Å²) in [5, 5.41) is 8.58. The fraction of sp³-hybridized carbons (Fsp3) is 0.133. The lowest BCUT2D eigenvalue weighted by atomic mass is 10.2. The number of rotatable bonds is 4. The summed E-state index contributed by atoms with van der Waals surface area (Å²) < 4.78 is 5.68. The first-order valence-electron chi connectivity index (χ1n) is 5.60. The van der Waals surface area contributed by atoms with Crippen LogP contribution in [-0.2, 0) is 12.3 Å². The molecule has 0 N–H and O–H groups in total. The summed E-state index contributed by atoms with van der Waals surface area (Å²) in [7, 11) is 0. The molecule has 0 aliphatic carbocycles. The first-order valence-corrected chi connectivity index (χ1v) is 6.14. The zero-order valence-electron chi connectivity index (χ0n) is 9.77. The van der Waals surface area contributed by atoms with Crippen LogP contribution < -0.4 is 4.74 Å². The van der Waals surface area contributed by atoms with Crippen LogP contribution in [0.15, 0.2) is 48.5 Å². The van der Waals surface area contributed by atoms with Crippen molar-refractivity contribution in [3.05, 3.63) is 59.7 Å². The molecule has 2 rings (SSSR count). The van der Waals surface area contributed by atoms with Crippen LogP contribution in [0.1, 0.15) is 11.1 Å². The third kappa shape index (κ3) is 3.26. The van der Waals surface area contributed by atoms with Gasteiger partial charge in [-0.05, 0) is 35.4 Å². The number of alkyl halides is 1. The van der Waals surface area contributed by atoms with Crippen LogP contribution in [-0.4, -0.2) is 0 Å². The van der Waals surface area contributed by atoms with Crippen LogP contribution in [0.5, 0.6) is 11.5 Å². The topological polar surface area (TPSA) is 33.0 Å². The summed E-state index contributed by atoms with van der Waals surface area (Å²) in [6.07, 6.45) is 0.421. The van der Waals surface area contributed by atoms with Crippen LogP contribution in [0.4, 0.5) is 0 Å². The highest BCUT2D eigenvalue weighted by molar-refractivity contribution is 6.17. The highest BCUT2D eigenvalue weighted by Crippen LogP contribution is 2.22. The lowest BCUT2D eigenvalue weighted by Gasteiger charge is -2.06. The molecular formula is C15H12ClNO. The van der Waals surface area contributed by atoms with Crippen LogP contribution in [0, 0.1) is 11.3 Å². The van der Waals surface area contributed by atoms with Gasteiger partial charge in [-0.3, -0.25) is 0 Å². The first kappa shape index (κ1) is 12.5. The maximum atomic E-state index is 8.58. The Hall–Kier alpha value is -1.98. The van der Waals surface area contributed by atoms with E-state index in [4.69, 9.17) is 21.6 Å². The van der Waals surface area contributed by atoms with Crippen molar-refractivity contribution in [1.29, 1.82) is 5.26 Å². The number of hydrogen-bond donors (Lipinski definition) is 0. The van der Waals surface area contributed by atoms with Crippen LogP contribution in [0.3, 0.4) is 0 Å². The third-order valence-electron chi connectivity index (χ3n) is 2.52. The maximum absolute atomic E-state index is 8.58. The molecule has 0 heterocycles. The fourth-order valence-corrected chi connectivity index (χ4v) is 1.73. The molecule has 2 aromatic carbocycles. The zero-order chi connectivity index (χ0) is 12.8. The van der Waals surface area contributed by atoms with Crippen LogP contribution >= 0.6 is 11.6 Å². The number of benzene rings is 2. The van der Waals surface area contributed by atoms with Crippen molar-refractivity contribution in [1.82, 2.24) is 0 Å². The van der Waals surface area contributed by atoms with E-state index in [2.05, 4.69) is 6.07 Å². The minimum absolute atomic E-state index is 0.421. The van der Waals surface area contributed by atoms with Crippen molar-refractivity contribution < 1.29 is 4.74 Å². The van der Waals surface area contributed by atoms with Crippen molar-refractivity contribution in [2.75, 3.05) is 0 Å². The van der Waals surface area contributed by atoms with Gasteiger partial charge in [0.2, 0.25) is 0 Å². The van der Waals surface area contributed by atoms with Crippen LogP contribution in [0.25, 0.3) is 0 Å². The average Bonchev–Trinajstić information content (AvgIpc) is 2.42. The summed E-state index contributed by atoms with van der Waals surface area (Å²) in [6, 6.07) is 17.3. The van der Waals surface area contributed by atoms with E-state index in [0.717, 1.165) is 22.6 Å². The number of halogens is 1. The highest BCUT2D eigenvalue weighted by atomic mass is 35.5. The third-order valence-corrected chi connectivity index (χ3v) is 2.83. The molecule has 0 fully saturated rings. The van der Waals surface area contributed by atoms with Crippen molar-refractivity contribution in [2.24, 2.45) is 0 Å². The highest BCUT2D eigenvalue weighted by Gasteiger charge is 1.98. The smallest absolute Gasteiger partial charge is 0.127 e. The van der Waals surface area contributed by atoms with Gasteiger partial charge in [-0.15, -0.1) is 11.6 Å². The molecule has 0 unspecified atom stereocenters. The summed E-state index contributed by atoms with van der Waals surface area (Å²) >= 11 is 5.72. The van der Waals surface area contributed by atoms with Crippen molar-refractivity contribution in [3.8, 4) is 17.6 Å². The summed E-state index contributed by atoms with van der Waals surface area (Å²) in [6.45, 7) is 0. The second-order valence-corrected chi connectivity index (χ2v) is 4.13. The minimum Gasteiger partial charge on any atom is -0.457 e. The molecule has 18 heavy (non-hydrogen) atoms. The number of hydrogen-bond acceptors (Lipinski definition) is 2. The molecule has 2 nitrogen and oxygen atoms in total. The number of ether oxygens (including phenoxy) is 1. The van der Waals surface area contributed by atoms with Gasteiger partial charge in [-0.2, -0.15) is 5.26 Å². The Morgan fingerprint density at radius 1 is 0.889 bits per heavy atom. The van der Waals surface area contributed by atoms with Gasteiger partial charge in [-0.25, -0.2) is 0 Å². The molecule has 0 atom stereocenters. The Bertz CT molecular complexity index is 540. The normalized spacial score (nSPS) is 9.78. The molecule has 0 radical (unpaired) electrons. The Balaban J connectivity index is 2.06. The second-order valence-electron chi connectivity index (χ2n) is 3.86. The lowest BCUT2D eigenvalue weighted by molar-refractivity contribution is 0.482. The largest absolute Gasteiger partial charge is 0.457 e. The molecule has 0 aromatic heterocycles. The van der Waals surface area contributed by atoms with E-state index >= 15 is 0 Å². The average molecular weight is 258 g/mol. The van der Waals surface area contributed by atoms with Gasteiger partial charge in [0.25, 0.3) is 0 Å². The van der Waals surface area contributed by atoms with Crippen molar-refractivity contribution >= 4 is 11.6 Å². The van der Waals surface area contributed by atoms with E-state index in [9.17, 15) is 0 Å². The lowest BCUT2D eigenvalue weighted by Crippen LogP contribution is -1.86. The molecule has 0 aliphatic heterocycles. The molecule has 0 amide bonds. The Kier molecular flexibility index (Phi) is 4.22. The van der Waals surface area contributed by atoms with E-state index in [-0.39, 0.29) is 0 Å². The van der Waals surface area contributed by atoms with E-state index in [1.54, 1.807) is 0 Å². The van der Waals surface area contributed by atoms with Crippen molar-refractivity contribution in [3.63, 3.8) is 0 Å². The van der Waals surface area contributed by atoms with Gasteiger partial charge < -0.3 is 4.74 Å². The quantitative estimate of drug-likeness (QED) is 0.766. The van der Waals surface area contributed by atoms with Gasteiger partial charge >= 0.3 is 0 Å². The molecule has 0 saturated heterocycles. The zero-order valence-corrected chi connectivity index (χ0v) is 10.5. The predicted molar refractivity (Wildman–Crippen MR) is 71.8 cm³/mol. The fourth-order valence-electron chi connectivity index (χ4n) is 1.55.